The van der Waals surface area contributed by atoms with Crippen molar-refractivity contribution in [3.63, 3.8) is 0 Å². The first kappa shape index (κ1) is 10.3. The molecular weight excluding hydrogens is 295 g/mol. The number of aromatic amines is 1. The molecule has 1 aromatic heterocycles. The number of aldehydes is 1. The van der Waals surface area contributed by atoms with Gasteiger partial charge in [-0.2, -0.15) is 0 Å². The molecule has 13 heavy (non-hydrogen) atoms. The van der Waals surface area contributed by atoms with Crippen LogP contribution in [0.3, 0.4) is 0 Å². The highest BCUT2D eigenvalue weighted by molar-refractivity contribution is 14.1. The van der Waals surface area contributed by atoms with Gasteiger partial charge in [0.25, 0.3) is 6.43 Å². The van der Waals surface area contributed by atoms with Gasteiger partial charge < -0.3 is 4.98 Å². The fraction of sp³-hybridized carbons (Fsp3) is 0.143. The van der Waals surface area contributed by atoms with Gasteiger partial charge >= 0.3 is 0 Å². The summed E-state index contributed by atoms with van der Waals surface area (Å²) in [6, 6.07) is 0.858. The molecule has 1 aromatic rings. The highest BCUT2D eigenvalue weighted by Crippen LogP contribution is 2.24. The van der Waals surface area contributed by atoms with Gasteiger partial charge in [-0.1, -0.05) is 0 Å². The van der Waals surface area contributed by atoms with E-state index in [9.17, 15) is 18.4 Å². The molecule has 6 heteroatoms. The van der Waals surface area contributed by atoms with Crippen molar-refractivity contribution in [1.82, 2.24) is 4.98 Å². The normalized spacial score (nSPS) is 10.5. The zero-order chi connectivity index (χ0) is 10.0. The van der Waals surface area contributed by atoms with Crippen LogP contribution < -0.4 is 5.56 Å². The molecule has 70 valence electrons. The van der Waals surface area contributed by atoms with Crippen molar-refractivity contribution < 1.29 is 13.6 Å². The molecule has 1 N–H and O–H groups in total. The average Bonchev–Trinajstić information content (AvgIpc) is 2.01. The lowest BCUT2D eigenvalue weighted by molar-refractivity contribution is 0.110. The summed E-state index contributed by atoms with van der Waals surface area (Å²) >= 11 is 1.56. The number of carbonyl (C=O) groups is 1. The Morgan fingerprint density at radius 3 is 2.62 bits per heavy atom. The predicted octanol–water partition coefficient (Wildman–Crippen LogP) is 1.73. The second-order valence-corrected chi connectivity index (χ2v) is 3.31. The number of carbonyl (C=O) groups excluding carboxylic acids is 1. The molecule has 0 spiro atoms. The van der Waals surface area contributed by atoms with E-state index in [0.29, 0.717) is 0 Å². The van der Waals surface area contributed by atoms with Gasteiger partial charge in [-0.3, -0.25) is 9.59 Å². The molecule has 0 aliphatic carbocycles. The minimum Gasteiger partial charge on any atom is -0.317 e. The Balaban J connectivity index is 3.47. The standard InChI is InChI=1S/C7H4F2INO2/c8-6(9)5-3(2-12)1-4(13)11-7(5)10/h1-2,6H,(H,11,13). The second kappa shape index (κ2) is 3.95. The van der Waals surface area contributed by atoms with Gasteiger partial charge in [-0.15, -0.1) is 0 Å². The summed E-state index contributed by atoms with van der Waals surface area (Å²) in [4.78, 5) is 23.3. The molecule has 0 aliphatic heterocycles. The Morgan fingerprint density at radius 1 is 1.54 bits per heavy atom. The third-order valence-corrected chi connectivity index (χ3v) is 2.26. The SMILES string of the molecule is O=Cc1cc(=O)[nH]c(I)c1C(F)F. The van der Waals surface area contributed by atoms with Gasteiger partial charge in [0, 0.05) is 11.6 Å². The third kappa shape index (κ3) is 2.11. The van der Waals surface area contributed by atoms with Crippen molar-refractivity contribution in [2.24, 2.45) is 0 Å². The fourth-order valence-corrected chi connectivity index (χ4v) is 1.69. The van der Waals surface area contributed by atoms with Crippen LogP contribution in [0, 0.1) is 3.70 Å². The minimum atomic E-state index is -2.76. The molecule has 1 heterocycles. The van der Waals surface area contributed by atoms with Crippen LogP contribution in [-0.2, 0) is 0 Å². The van der Waals surface area contributed by atoms with E-state index in [0.717, 1.165) is 6.07 Å². The Labute approximate surface area is 85.3 Å². The van der Waals surface area contributed by atoms with Crippen molar-refractivity contribution in [2.45, 2.75) is 6.43 Å². The number of nitrogens with one attached hydrogen (secondary N) is 1. The molecule has 0 unspecified atom stereocenters. The number of alkyl halides is 2. The molecule has 0 aromatic carbocycles. The summed E-state index contributed by atoms with van der Waals surface area (Å²) in [5.74, 6) is 0. The molecule has 0 saturated carbocycles. The first-order valence-electron chi connectivity index (χ1n) is 3.22. The molecule has 0 aliphatic rings. The second-order valence-electron chi connectivity index (χ2n) is 2.24. The van der Waals surface area contributed by atoms with E-state index < -0.39 is 17.5 Å². The van der Waals surface area contributed by atoms with Gasteiger partial charge in [-0.25, -0.2) is 8.78 Å². The zero-order valence-corrected chi connectivity index (χ0v) is 8.34. The van der Waals surface area contributed by atoms with Crippen LogP contribution in [0.5, 0.6) is 0 Å². The number of hydrogen-bond acceptors (Lipinski definition) is 2. The van der Waals surface area contributed by atoms with E-state index in [2.05, 4.69) is 4.98 Å². The van der Waals surface area contributed by atoms with Crippen LogP contribution in [-0.4, -0.2) is 11.3 Å². The van der Waals surface area contributed by atoms with Crippen molar-refractivity contribution in [2.75, 3.05) is 0 Å². The summed E-state index contributed by atoms with van der Waals surface area (Å²) in [6.45, 7) is 0. The highest BCUT2D eigenvalue weighted by atomic mass is 127. The van der Waals surface area contributed by atoms with Crippen LogP contribution in [0.2, 0.25) is 0 Å². The zero-order valence-electron chi connectivity index (χ0n) is 6.18. The van der Waals surface area contributed by atoms with Gasteiger partial charge in [0.05, 0.1) is 9.26 Å². The maximum absolute atomic E-state index is 12.3. The molecule has 1 rings (SSSR count). The summed E-state index contributed by atoms with van der Waals surface area (Å²) < 4.78 is 24.6. The lowest BCUT2D eigenvalue weighted by Crippen LogP contribution is -2.12. The topological polar surface area (TPSA) is 49.9 Å². The number of aromatic nitrogens is 1. The lowest BCUT2D eigenvalue weighted by Gasteiger charge is -2.04. The quantitative estimate of drug-likeness (QED) is 0.513. The van der Waals surface area contributed by atoms with E-state index in [1.807, 2.05) is 0 Å². The first-order chi connectivity index (χ1) is 6.06. The number of H-pyrrole nitrogens is 1. The van der Waals surface area contributed by atoms with Gasteiger partial charge in [0.2, 0.25) is 5.56 Å². The molecule has 0 fully saturated rings. The fourth-order valence-electron chi connectivity index (χ4n) is 0.877. The van der Waals surface area contributed by atoms with E-state index in [1.165, 1.54) is 0 Å². The van der Waals surface area contributed by atoms with Crippen LogP contribution in [0.1, 0.15) is 22.3 Å². The van der Waals surface area contributed by atoms with Crippen molar-refractivity contribution >= 4 is 28.9 Å². The first-order valence-corrected chi connectivity index (χ1v) is 4.30. The number of rotatable bonds is 2. The highest BCUT2D eigenvalue weighted by Gasteiger charge is 2.17. The Morgan fingerprint density at radius 2 is 2.15 bits per heavy atom. The number of hydrogen-bond donors (Lipinski definition) is 1. The van der Waals surface area contributed by atoms with E-state index in [1.54, 1.807) is 22.6 Å². The summed E-state index contributed by atoms with van der Waals surface area (Å²) in [5, 5.41) is 0. The van der Waals surface area contributed by atoms with Crippen molar-refractivity contribution in [1.29, 1.82) is 0 Å². The van der Waals surface area contributed by atoms with Crippen molar-refractivity contribution in [3.8, 4) is 0 Å². The van der Waals surface area contributed by atoms with Gasteiger partial charge in [0.15, 0.2) is 6.29 Å². The van der Waals surface area contributed by atoms with Crippen LogP contribution in [0.4, 0.5) is 8.78 Å². The molecule has 0 radical (unpaired) electrons. The predicted molar refractivity (Wildman–Crippen MR) is 50.1 cm³/mol. The summed E-state index contributed by atoms with van der Waals surface area (Å²) in [6.07, 6.45) is -2.51. The summed E-state index contributed by atoms with van der Waals surface area (Å²) in [7, 11) is 0. The minimum absolute atomic E-state index is 0.00204. The Hall–Kier alpha value is -0.790. The number of pyridine rings is 1. The Kier molecular flexibility index (Phi) is 3.12. The van der Waals surface area contributed by atoms with Crippen LogP contribution >= 0.6 is 22.6 Å². The van der Waals surface area contributed by atoms with Crippen molar-refractivity contribution in [3.05, 3.63) is 31.2 Å². The molecule has 0 bridgehead atoms. The van der Waals surface area contributed by atoms with Gasteiger partial charge in [0.1, 0.15) is 0 Å². The molecule has 0 saturated heterocycles. The van der Waals surface area contributed by atoms with Gasteiger partial charge in [-0.05, 0) is 22.6 Å². The van der Waals surface area contributed by atoms with Crippen LogP contribution in [0.15, 0.2) is 10.9 Å². The molecule has 3 nitrogen and oxygen atoms in total. The maximum atomic E-state index is 12.3. The largest absolute Gasteiger partial charge is 0.317 e. The molecule has 0 amide bonds. The van der Waals surface area contributed by atoms with Crippen LogP contribution in [0.25, 0.3) is 0 Å². The van der Waals surface area contributed by atoms with E-state index in [4.69, 9.17) is 0 Å². The van der Waals surface area contributed by atoms with E-state index in [-0.39, 0.29) is 15.6 Å². The lowest BCUT2D eigenvalue weighted by atomic mass is 10.2. The Bertz CT molecular complexity index is 389. The monoisotopic (exact) mass is 299 g/mol. The molecule has 0 atom stereocenters. The number of halogens is 3. The van der Waals surface area contributed by atoms with E-state index >= 15 is 0 Å². The smallest absolute Gasteiger partial charge is 0.267 e. The summed E-state index contributed by atoms with van der Waals surface area (Å²) in [5.41, 5.74) is -1.24. The third-order valence-electron chi connectivity index (χ3n) is 1.41. The average molecular weight is 299 g/mol. The maximum Gasteiger partial charge on any atom is 0.267 e. The molecular formula is C7H4F2INO2.